The fraction of sp³-hybridized carbons (Fsp3) is 0.917. The summed E-state index contributed by atoms with van der Waals surface area (Å²) in [4.78, 5) is 13.7. The lowest BCUT2D eigenvalue weighted by Crippen LogP contribution is -2.35. The Morgan fingerprint density at radius 1 is 1.31 bits per heavy atom. The molecule has 0 saturated carbocycles. The van der Waals surface area contributed by atoms with E-state index in [0.717, 1.165) is 39.0 Å². The fourth-order valence-electron chi connectivity index (χ4n) is 1.39. The first-order valence-corrected chi connectivity index (χ1v) is 6.21. The summed E-state index contributed by atoms with van der Waals surface area (Å²) in [6.45, 7) is 7.57. The van der Waals surface area contributed by atoms with E-state index in [1.807, 2.05) is 13.8 Å². The van der Waals surface area contributed by atoms with Gasteiger partial charge in [-0.05, 0) is 40.0 Å². The molecule has 0 aliphatic rings. The van der Waals surface area contributed by atoms with Crippen molar-refractivity contribution in [2.45, 2.75) is 26.7 Å². The van der Waals surface area contributed by atoms with Gasteiger partial charge >= 0.3 is 0 Å². The molecule has 4 nitrogen and oxygen atoms in total. The minimum Gasteiger partial charge on any atom is -0.356 e. The highest BCUT2D eigenvalue weighted by molar-refractivity contribution is 5.78. The van der Waals surface area contributed by atoms with Crippen LogP contribution in [0.4, 0.5) is 0 Å². The molecule has 2 N–H and O–H groups in total. The molecule has 1 amide bonds. The summed E-state index contributed by atoms with van der Waals surface area (Å²) in [6, 6.07) is 0. The van der Waals surface area contributed by atoms with E-state index in [4.69, 9.17) is 0 Å². The summed E-state index contributed by atoms with van der Waals surface area (Å²) in [5.41, 5.74) is 0. The summed E-state index contributed by atoms with van der Waals surface area (Å²) in [6.07, 6.45) is 2.19. The van der Waals surface area contributed by atoms with Crippen molar-refractivity contribution in [2.24, 2.45) is 5.92 Å². The van der Waals surface area contributed by atoms with Crippen molar-refractivity contribution >= 4 is 5.91 Å². The van der Waals surface area contributed by atoms with Crippen LogP contribution < -0.4 is 10.6 Å². The van der Waals surface area contributed by atoms with E-state index in [1.165, 1.54) is 0 Å². The van der Waals surface area contributed by atoms with Crippen LogP contribution in [-0.2, 0) is 4.79 Å². The summed E-state index contributed by atoms with van der Waals surface area (Å²) in [5, 5.41) is 6.15. The molecule has 4 heteroatoms. The van der Waals surface area contributed by atoms with Gasteiger partial charge in [-0.15, -0.1) is 0 Å². The van der Waals surface area contributed by atoms with E-state index in [-0.39, 0.29) is 11.8 Å². The Bertz CT molecular complexity index is 183. The van der Waals surface area contributed by atoms with Crippen molar-refractivity contribution < 1.29 is 4.79 Å². The minimum absolute atomic E-state index is 0.0637. The molecule has 0 radical (unpaired) electrons. The zero-order valence-electron chi connectivity index (χ0n) is 11.2. The van der Waals surface area contributed by atoms with Crippen LogP contribution in [0.5, 0.6) is 0 Å². The molecule has 0 aromatic heterocycles. The standard InChI is InChI=1S/C12H27N3O/c1-5-13-10-11(2)12(16)14-8-6-7-9-15(3)4/h11,13H,5-10H2,1-4H3,(H,14,16). The smallest absolute Gasteiger partial charge is 0.224 e. The van der Waals surface area contributed by atoms with Gasteiger partial charge in [0.2, 0.25) is 5.91 Å². The molecule has 0 aromatic rings. The Hall–Kier alpha value is -0.610. The number of hydrogen-bond donors (Lipinski definition) is 2. The van der Waals surface area contributed by atoms with Gasteiger partial charge in [-0.3, -0.25) is 4.79 Å². The highest BCUT2D eigenvalue weighted by Crippen LogP contribution is 1.94. The Kier molecular flexibility index (Phi) is 9.24. The molecule has 0 rings (SSSR count). The molecule has 1 atom stereocenters. The maximum atomic E-state index is 11.6. The SMILES string of the molecule is CCNCC(C)C(=O)NCCCCN(C)C. The van der Waals surface area contributed by atoms with Crippen LogP contribution >= 0.6 is 0 Å². The molecule has 1 unspecified atom stereocenters. The minimum atomic E-state index is 0.0637. The molecule has 0 aliphatic heterocycles. The van der Waals surface area contributed by atoms with Crippen molar-refractivity contribution in [3.63, 3.8) is 0 Å². The van der Waals surface area contributed by atoms with Gasteiger partial charge in [-0.25, -0.2) is 0 Å². The molecule has 0 spiro atoms. The van der Waals surface area contributed by atoms with Crippen LogP contribution in [-0.4, -0.2) is 51.1 Å². The summed E-state index contributed by atoms with van der Waals surface area (Å²) >= 11 is 0. The first-order valence-electron chi connectivity index (χ1n) is 6.21. The fourth-order valence-corrected chi connectivity index (χ4v) is 1.39. The predicted molar refractivity (Wildman–Crippen MR) is 68.5 cm³/mol. The number of carbonyl (C=O) groups is 1. The maximum absolute atomic E-state index is 11.6. The van der Waals surface area contributed by atoms with Crippen molar-refractivity contribution in [3.05, 3.63) is 0 Å². The number of amides is 1. The van der Waals surface area contributed by atoms with E-state index >= 15 is 0 Å². The first kappa shape index (κ1) is 15.4. The first-order chi connectivity index (χ1) is 7.57. The number of unbranched alkanes of at least 4 members (excludes halogenated alkanes) is 1. The summed E-state index contributed by atoms with van der Waals surface area (Å²) in [7, 11) is 4.13. The maximum Gasteiger partial charge on any atom is 0.224 e. The summed E-state index contributed by atoms with van der Waals surface area (Å²) < 4.78 is 0. The number of hydrogen-bond acceptors (Lipinski definition) is 3. The van der Waals surface area contributed by atoms with Gasteiger partial charge in [0.05, 0.1) is 0 Å². The van der Waals surface area contributed by atoms with Crippen LogP contribution in [0.25, 0.3) is 0 Å². The largest absolute Gasteiger partial charge is 0.356 e. The van der Waals surface area contributed by atoms with Gasteiger partial charge in [0.25, 0.3) is 0 Å². The summed E-state index contributed by atoms with van der Waals surface area (Å²) in [5.74, 6) is 0.222. The molecule has 96 valence electrons. The van der Waals surface area contributed by atoms with Gasteiger partial charge in [-0.1, -0.05) is 13.8 Å². The van der Waals surface area contributed by atoms with E-state index in [1.54, 1.807) is 0 Å². The molecule has 0 bridgehead atoms. The topological polar surface area (TPSA) is 44.4 Å². The molecule has 0 saturated heterocycles. The zero-order chi connectivity index (χ0) is 12.4. The predicted octanol–water partition coefficient (Wildman–Crippen LogP) is 0.690. The molecule has 16 heavy (non-hydrogen) atoms. The number of carbonyl (C=O) groups excluding carboxylic acids is 1. The van der Waals surface area contributed by atoms with Crippen LogP contribution in [0.3, 0.4) is 0 Å². The molecule has 0 aliphatic carbocycles. The molecular weight excluding hydrogens is 202 g/mol. The quantitative estimate of drug-likeness (QED) is 0.572. The van der Waals surface area contributed by atoms with Crippen LogP contribution in [0.1, 0.15) is 26.7 Å². The average Bonchev–Trinajstić information content (AvgIpc) is 2.24. The third-order valence-electron chi connectivity index (χ3n) is 2.48. The lowest BCUT2D eigenvalue weighted by molar-refractivity contribution is -0.124. The molecule has 0 fully saturated rings. The molecule has 0 aromatic carbocycles. The van der Waals surface area contributed by atoms with Gasteiger partial charge in [0, 0.05) is 19.0 Å². The van der Waals surface area contributed by atoms with E-state index in [9.17, 15) is 4.79 Å². The van der Waals surface area contributed by atoms with Crippen LogP contribution in [0.2, 0.25) is 0 Å². The Balaban J connectivity index is 3.42. The van der Waals surface area contributed by atoms with E-state index in [0.29, 0.717) is 0 Å². The van der Waals surface area contributed by atoms with Gasteiger partial charge in [0.1, 0.15) is 0 Å². The zero-order valence-corrected chi connectivity index (χ0v) is 11.2. The van der Waals surface area contributed by atoms with E-state index in [2.05, 4.69) is 29.6 Å². The van der Waals surface area contributed by atoms with Gasteiger partial charge in [-0.2, -0.15) is 0 Å². The lowest BCUT2D eigenvalue weighted by atomic mass is 10.1. The lowest BCUT2D eigenvalue weighted by Gasteiger charge is -2.13. The normalized spacial score (nSPS) is 12.8. The van der Waals surface area contributed by atoms with Crippen LogP contribution in [0, 0.1) is 5.92 Å². The number of nitrogens with zero attached hydrogens (tertiary/aromatic N) is 1. The third kappa shape index (κ3) is 8.68. The second-order valence-electron chi connectivity index (χ2n) is 4.51. The van der Waals surface area contributed by atoms with Crippen LogP contribution in [0.15, 0.2) is 0 Å². The second kappa shape index (κ2) is 9.60. The van der Waals surface area contributed by atoms with Crippen molar-refractivity contribution in [1.29, 1.82) is 0 Å². The van der Waals surface area contributed by atoms with Crippen molar-refractivity contribution in [1.82, 2.24) is 15.5 Å². The Morgan fingerprint density at radius 2 is 2.00 bits per heavy atom. The van der Waals surface area contributed by atoms with Crippen molar-refractivity contribution in [3.8, 4) is 0 Å². The second-order valence-corrected chi connectivity index (χ2v) is 4.51. The number of rotatable bonds is 9. The molecular formula is C12H27N3O. The molecule has 0 heterocycles. The monoisotopic (exact) mass is 229 g/mol. The van der Waals surface area contributed by atoms with Gasteiger partial charge in [0.15, 0.2) is 0 Å². The highest BCUT2D eigenvalue weighted by Gasteiger charge is 2.10. The Labute approximate surface area is 99.8 Å². The Morgan fingerprint density at radius 3 is 2.56 bits per heavy atom. The number of nitrogens with one attached hydrogen (secondary N) is 2. The average molecular weight is 229 g/mol. The third-order valence-corrected chi connectivity index (χ3v) is 2.48. The van der Waals surface area contributed by atoms with Gasteiger partial charge < -0.3 is 15.5 Å². The van der Waals surface area contributed by atoms with Crippen molar-refractivity contribution in [2.75, 3.05) is 40.3 Å². The highest BCUT2D eigenvalue weighted by atomic mass is 16.1. The van der Waals surface area contributed by atoms with E-state index < -0.39 is 0 Å².